The summed E-state index contributed by atoms with van der Waals surface area (Å²) in [5, 5.41) is 12.3. The molecule has 214 valence electrons. The number of urea groups is 1. The van der Waals surface area contributed by atoms with Crippen molar-refractivity contribution in [1.82, 2.24) is 14.3 Å². The van der Waals surface area contributed by atoms with Crippen molar-refractivity contribution in [2.24, 2.45) is 11.8 Å². The van der Waals surface area contributed by atoms with E-state index < -0.39 is 27.9 Å². The number of hydroxylamine groups is 2. The number of rotatable bonds is 9. The Morgan fingerprint density at radius 1 is 0.949 bits per heavy atom. The van der Waals surface area contributed by atoms with Crippen molar-refractivity contribution < 1.29 is 23.2 Å². The molecular weight excluding hydrogens is 516 g/mol. The fourth-order valence-corrected chi connectivity index (χ4v) is 7.39. The number of hydrogen-bond donors (Lipinski definition) is 1. The number of nitrogens with zero attached hydrogens (tertiary/aromatic N) is 4. The second kappa shape index (κ2) is 12.7. The van der Waals surface area contributed by atoms with Crippen LogP contribution < -0.4 is 4.90 Å². The van der Waals surface area contributed by atoms with Crippen molar-refractivity contribution in [2.75, 3.05) is 45.7 Å². The van der Waals surface area contributed by atoms with E-state index in [2.05, 4.69) is 0 Å². The van der Waals surface area contributed by atoms with E-state index in [1.54, 1.807) is 18.2 Å². The summed E-state index contributed by atoms with van der Waals surface area (Å²) in [5.74, 6) is -1.09. The third-order valence-electron chi connectivity index (χ3n) is 8.27. The second-order valence-electron chi connectivity index (χ2n) is 11.2. The van der Waals surface area contributed by atoms with Crippen LogP contribution in [0.2, 0.25) is 0 Å². The zero-order chi connectivity index (χ0) is 28.2. The van der Waals surface area contributed by atoms with Gasteiger partial charge in [-0.3, -0.25) is 10.0 Å². The lowest BCUT2D eigenvalue weighted by Crippen LogP contribution is -2.49. The molecule has 39 heavy (non-hydrogen) atoms. The van der Waals surface area contributed by atoms with E-state index in [1.165, 1.54) is 16.3 Å². The number of imide groups is 1. The molecule has 1 saturated heterocycles. The summed E-state index contributed by atoms with van der Waals surface area (Å²) in [6, 6.07) is 10.1. The number of fused-ring (bicyclic) bond motifs is 1. The van der Waals surface area contributed by atoms with Crippen molar-refractivity contribution in [3.63, 3.8) is 0 Å². The van der Waals surface area contributed by atoms with Crippen LogP contribution in [-0.4, -0.2) is 80.6 Å². The minimum atomic E-state index is -3.97. The Hall–Kier alpha value is -2.69. The Balaban J connectivity index is 1.58. The predicted octanol–water partition coefficient (Wildman–Crippen LogP) is 4.94. The SMILES string of the molecule is CN(C)c1cccc2c(S(=O)(=O)N(C)C[C@H](CCC3CCCC3)C(=O)N(O)C(=O)N3CCCCC3)cccc12. The normalized spacial score (nSPS) is 17.5. The first-order valence-corrected chi connectivity index (χ1v) is 15.5. The van der Waals surface area contributed by atoms with Gasteiger partial charge in [-0.1, -0.05) is 49.9 Å². The van der Waals surface area contributed by atoms with Crippen LogP contribution in [0.3, 0.4) is 0 Å². The number of amides is 3. The molecule has 0 aromatic heterocycles. The number of anilines is 1. The summed E-state index contributed by atoms with van der Waals surface area (Å²) >= 11 is 0. The quantitative estimate of drug-likeness (QED) is 0.346. The van der Waals surface area contributed by atoms with Gasteiger partial charge in [0, 0.05) is 57.2 Å². The van der Waals surface area contributed by atoms with Crippen LogP contribution in [-0.2, 0) is 14.8 Å². The van der Waals surface area contributed by atoms with Crippen molar-refractivity contribution >= 4 is 38.4 Å². The van der Waals surface area contributed by atoms with Gasteiger partial charge in [-0.15, -0.1) is 5.06 Å². The van der Waals surface area contributed by atoms with Crippen LogP contribution in [0.4, 0.5) is 10.5 Å². The lowest BCUT2D eigenvalue weighted by Gasteiger charge is -2.31. The highest BCUT2D eigenvalue weighted by Crippen LogP contribution is 2.33. The Labute approximate surface area is 232 Å². The zero-order valence-corrected chi connectivity index (χ0v) is 24.2. The van der Waals surface area contributed by atoms with Crippen LogP contribution in [0.15, 0.2) is 41.3 Å². The number of likely N-dealkylation sites (tertiary alicyclic amines) is 1. The molecule has 1 aliphatic heterocycles. The standard InChI is InChI=1S/C29H42N4O5S/c1-30(2)26-15-9-14-25-24(26)13-10-16-27(25)39(37,38)31(3)21-23(18-17-22-11-5-6-12-22)28(34)33(36)29(35)32-19-7-4-8-20-32/h9-10,13-16,22-23,36H,4-8,11-12,17-21H2,1-3H3/t23-/m0/s1. The summed E-state index contributed by atoms with van der Waals surface area (Å²) < 4.78 is 28.9. The maximum atomic E-state index is 13.8. The molecule has 4 rings (SSSR count). The molecule has 0 radical (unpaired) electrons. The molecule has 2 aromatic rings. The molecule has 0 bridgehead atoms. The highest BCUT2D eigenvalue weighted by atomic mass is 32.2. The van der Waals surface area contributed by atoms with E-state index in [4.69, 9.17) is 0 Å². The van der Waals surface area contributed by atoms with Crippen molar-refractivity contribution in [3.05, 3.63) is 36.4 Å². The maximum absolute atomic E-state index is 13.8. The van der Waals surface area contributed by atoms with Crippen LogP contribution in [0.25, 0.3) is 10.8 Å². The topological polar surface area (TPSA) is 101 Å². The summed E-state index contributed by atoms with van der Waals surface area (Å²) in [6.07, 6.45) is 8.36. The smallest absolute Gasteiger partial charge is 0.351 e. The van der Waals surface area contributed by atoms with Gasteiger partial charge < -0.3 is 9.80 Å². The second-order valence-corrected chi connectivity index (χ2v) is 13.2. The third-order valence-corrected chi connectivity index (χ3v) is 10.2. The Morgan fingerprint density at radius 2 is 1.59 bits per heavy atom. The molecule has 1 heterocycles. The van der Waals surface area contributed by atoms with Gasteiger partial charge in [-0.25, -0.2) is 17.5 Å². The number of piperidine rings is 1. The number of sulfonamides is 1. The minimum absolute atomic E-state index is 0.123. The first-order chi connectivity index (χ1) is 18.6. The first kappa shape index (κ1) is 29.3. The van der Waals surface area contributed by atoms with Gasteiger partial charge in [0.05, 0.1) is 10.8 Å². The molecule has 9 nitrogen and oxygen atoms in total. The van der Waals surface area contributed by atoms with E-state index in [0.29, 0.717) is 30.8 Å². The monoisotopic (exact) mass is 558 g/mol. The van der Waals surface area contributed by atoms with Gasteiger partial charge in [0.15, 0.2) is 0 Å². The third kappa shape index (κ3) is 6.56. The molecule has 3 amide bonds. The molecule has 1 aliphatic carbocycles. The predicted molar refractivity (Wildman–Crippen MR) is 152 cm³/mol. The fourth-order valence-electron chi connectivity index (χ4n) is 5.97. The molecule has 2 aromatic carbocycles. The summed E-state index contributed by atoms with van der Waals surface area (Å²) in [7, 11) is 1.32. The molecule has 0 unspecified atom stereocenters. The lowest BCUT2D eigenvalue weighted by molar-refractivity contribution is -0.160. The Kier molecular flexibility index (Phi) is 9.51. The molecular formula is C29H42N4O5S. The van der Waals surface area contributed by atoms with Crippen LogP contribution in [0.5, 0.6) is 0 Å². The average molecular weight is 559 g/mol. The summed E-state index contributed by atoms with van der Waals surface area (Å²) in [4.78, 5) is 30.0. The van der Waals surface area contributed by atoms with E-state index in [9.17, 15) is 23.2 Å². The van der Waals surface area contributed by atoms with Gasteiger partial charge in [0.25, 0.3) is 5.91 Å². The highest BCUT2D eigenvalue weighted by molar-refractivity contribution is 7.89. The fraction of sp³-hybridized carbons (Fsp3) is 0.586. The average Bonchev–Trinajstić information content (AvgIpc) is 3.47. The van der Waals surface area contributed by atoms with E-state index in [1.807, 2.05) is 37.2 Å². The maximum Gasteiger partial charge on any atom is 0.351 e. The molecule has 1 N–H and O–H groups in total. The Morgan fingerprint density at radius 3 is 2.26 bits per heavy atom. The molecule has 2 aliphatic rings. The first-order valence-electron chi connectivity index (χ1n) is 14.1. The van der Waals surface area contributed by atoms with Gasteiger partial charge in [-0.05, 0) is 50.2 Å². The number of benzene rings is 2. The summed E-state index contributed by atoms with van der Waals surface area (Å²) in [5.41, 5.74) is 0.906. The van der Waals surface area contributed by atoms with Crippen molar-refractivity contribution in [1.29, 1.82) is 0 Å². The van der Waals surface area contributed by atoms with Crippen LogP contribution >= 0.6 is 0 Å². The van der Waals surface area contributed by atoms with Gasteiger partial charge in [-0.2, -0.15) is 0 Å². The highest BCUT2D eigenvalue weighted by Gasteiger charge is 2.35. The number of hydrogen-bond acceptors (Lipinski definition) is 6. The van der Waals surface area contributed by atoms with Crippen LogP contribution in [0.1, 0.15) is 57.8 Å². The molecule has 2 fully saturated rings. The number of carbonyl (C=O) groups excluding carboxylic acids is 2. The van der Waals surface area contributed by atoms with Crippen LogP contribution in [0, 0.1) is 11.8 Å². The van der Waals surface area contributed by atoms with Gasteiger partial charge in [0.2, 0.25) is 10.0 Å². The lowest BCUT2D eigenvalue weighted by atomic mass is 9.94. The van der Waals surface area contributed by atoms with E-state index >= 15 is 0 Å². The molecule has 0 spiro atoms. The minimum Gasteiger partial charge on any atom is -0.377 e. The largest absolute Gasteiger partial charge is 0.377 e. The molecule has 1 atom stereocenters. The van der Waals surface area contributed by atoms with Crippen molar-refractivity contribution in [3.8, 4) is 0 Å². The summed E-state index contributed by atoms with van der Waals surface area (Å²) in [6.45, 7) is 0.877. The zero-order valence-electron chi connectivity index (χ0n) is 23.4. The van der Waals surface area contributed by atoms with Gasteiger partial charge in [0.1, 0.15) is 0 Å². The molecule has 1 saturated carbocycles. The van der Waals surface area contributed by atoms with Gasteiger partial charge >= 0.3 is 6.03 Å². The van der Waals surface area contributed by atoms with Crippen molar-refractivity contribution in [2.45, 2.75) is 62.7 Å². The Bertz CT molecular complexity index is 1270. The molecule has 10 heteroatoms. The van der Waals surface area contributed by atoms with E-state index in [-0.39, 0.29) is 16.5 Å². The van der Waals surface area contributed by atoms with E-state index in [0.717, 1.165) is 62.4 Å². The number of carbonyl (C=O) groups is 2.